The highest BCUT2D eigenvalue weighted by Gasteiger charge is 1.99. The van der Waals surface area contributed by atoms with Crippen LogP contribution in [0.3, 0.4) is 0 Å². The van der Waals surface area contributed by atoms with Crippen molar-refractivity contribution in [3.05, 3.63) is 30.2 Å². The molecule has 3 nitrogen and oxygen atoms in total. The van der Waals surface area contributed by atoms with E-state index in [0.29, 0.717) is 0 Å². The van der Waals surface area contributed by atoms with Crippen LogP contribution in [-0.4, -0.2) is 20.9 Å². The summed E-state index contributed by atoms with van der Waals surface area (Å²) in [5.74, 6) is 1.77. The summed E-state index contributed by atoms with van der Waals surface area (Å²) < 4.78 is 1.80. The topological polar surface area (TPSA) is 30.2 Å². The maximum atomic E-state index is 4.33. The first-order chi connectivity index (χ1) is 5.90. The smallest absolute Gasteiger partial charge is 0.161 e. The first-order valence-corrected chi connectivity index (χ1v) is 5.09. The van der Waals surface area contributed by atoms with Crippen LogP contribution in [0, 0.1) is 0 Å². The van der Waals surface area contributed by atoms with E-state index in [1.165, 1.54) is 0 Å². The molecule has 0 fully saturated rings. The Balaban J connectivity index is 2.47. The third kappa shape index (κ3) is 1.30. The molecule has 2 aromatic rings. The average Bonchev–Trinajstić information content (AvgIpc) is 2.47. The fourth-order valence-electron chi connectivity index (χ4n) is 1.07. The number of pyridine rings is 1. The molecule has 0 spiro atoms. The molecule has 0 N–H and O–H groups in total. The Labute approximate surface area is 74.8 Å². The highest BCUT2D eigenvalue weighted by Crippen LogP contribution is 2.06. The lowest BCUT2D eigenvalue weighted by molar-refractivity contribution is 0.925. The molecule has 0 bridgehead atoms. The first-order valence-electron chi connectivity index (χ1n) is 3.69. The third-order valence-corrected chi connectivity index (χ3v) is 2.11. The highest BCUT2D eigenvalue weighted by atomic mass is 32.2. The molecule has 0 aliphatic heterocycles. The Bertz CT molecular complexity index is 349. The largest absolute Gasteiger partial charge is 0.221 e. The first kappa shape index (κ1) is 7.61. The van der Waals surface area contributed by atoms with E-state index < -0.39 is 0 Å². The number of hydrogen-bond acceptors (Lipinski definition) is 3. The molecule has 0 aliphatic carbocycles. The van der Waals surface area contributed by atoms with E-state index in [-0.39, 0.29) is 0 Å². The van der Waals surface area contributed by atoms with E-state index in [4.69, 9.17) is 0 Å². The minimum Gasteiger partial charge on any atom is -0.221 e. The molecule has 0 saturated carbocycles. The van der Waals surface area contributed by atoms with Gasteiger partial charge in [-0.05, 0) is 18.4 Å². The Morgan fingerprint density at radius 3 is 3.17 bits per heavy atom. The number of aromatic nitrogens is 3. The van der Waals surface area contributed by atoms with Crippen LogP contribution in [0.15, 0.2) is 24.4 Å². The molecule has 0 amide bonds. The van der Waals surface area contributed by atoms with Crippen molar-refractivity contribution in [2.45, 2.75) is 5.75 Å². The van der Waals surface area contributed by atoms with Crippen molar-refractivity contribution >= 4 is 17.4 Å². The van der Waals surface area contributed by atoms with Crippen LogP contribution in [0.4, 0.5) is 0 Å². The van der Waals surface area contributed by atoms with Gasteiger partial charge in [-0.25, -0.2) is 9.50 Å². The minimum absolute atomic E-state index is 0.877. The molecular weight excluding hydrogens is 170 g/mol. The molecule has 0 unspecified atom stereocenters. The zero-order chi connectivity index (χ0) is 8.39. The summed E-state index contributed by atoms with van der Waals surface area (Å²) in [6.45, 7) is 0. The summed E-state index contributed by atoms with van der Waals surface area (Å²) in [7, 11) is 0. The second-order valence-corrected chi connectivity index (χ2v) is 3.33. The van der Waals surface area contributed by atoms with Crippen LogP contribution in [0.2, 0.25) is 0 Å². The molecule has 0 saturated heterocycles. The van der Waals surface area contributed by atoms with Crippen molar-refractivity contribution in [2.75, 3.05) is 6.26 Å². The molecule has 12 heavy (non-hydrogen) atoms. The van der Waals surface area contributed by atoms with Crippen molar-refractivity contribution in [1.82, 2.24) is 14.6 Å². The zero-order valence-corrected chi connectivity index (χ0v) is 7.58. The van der Waals surface area contributed by atoms with Gasteiger partial charge in [-0.1, -0.05) is 6.07 Å². The average molecular weight is 179 g/mol. The van der Waals surface area contributed by atoms with Crippen LogP contribution >= 0.6 is 11.8 Å². The van der Waals surface area contributed by atoms with Crippen LogP contribution < -0.4 is 0 Å². The summed E-state index contributed by atoms with van der Waals surface area (Å²) in [6, 6.07) is 5.87. The molecule has 2 aromatic heterocycles. The van der Waals surface area contributed by atoms with E-state index in [1.807, 2.05) is 30.7 Å². The summed E-state index contributed by atoms with van der Waals surface area (Å²) in [4.78, 5) is 4.33. The number of nitrogens with zero attached hydrogens (tertiary/aromatic N) is 3. The van der Waals surface area contributed by atoms with Gasteiger partial charge in [0.05, 0.1) is 5.75 Å². The predicted octanol–water partition coefficient (Wildman–Crippen LogP) is 1.59. The molecule has 4 heteroatoms. The molecule has 62 valence electrons. The molecule has 0 aliphatic rings. The lowest BCUT2D eigenvalue weighted by atomic mass is 10.5. The van der Waals surface area contributed by atoms with Crippen molar-refractivity contribution in [2.24, 2.45) is 0 Å². The third-order valence-electron chi connectivity index (χ3n) is 1.56. The number of thioether (sulfide) groups is 1. The molecular formula is C8H9N3S. The summed E-state index contributed by atoms with van der Waals surface area (Å²) in [5, 5.41) is 4.29. The van der Waals surface area contributed by atoms with E-state index in [0.717, 1.165) is 17.2 Å². The standard InChI is InChI=1S/C8H9N3S/c1-12-6-7-9-8-4-2-3-5-11(8)10-7/h2-5H,6H2,1H3. The summed E-state index contributed by atoms with van der Waals surface area (Å²) >= 11 is 1.73. The number of hydrogen-bond donors (Lipinski definition) is 0. The second kappa shape index (κ2) is 3.15. The quantitative estimate of drug-likeness (QED) is 0.701. The Morgan fingerprint density at radius 2 is 2.42 bits per heavy atom. The van der Waals surface area contributed by atoms with Crippen molar-refractivity contribution < 1.29 is 0 Å². The normalized spacial score (nSPS) is 10.8. The fraction of sp³-hybridized carbons (Fsp3) is 0.250. The van der Waals surface area contributed by atoms with E-state index in [1.54, 1.807) is 16.3 Å². The van der Waals surface area contributed by atoms with Crippen molar-refractivity contribution in [1.29, 1.82) is 0 Å². The van der Waals surface area contributed by atoms with Gasteiger partial charge in [0.15, 0.2) is 11.5 Å². The number of fused-ring (bicyclic) bond motifs is 1. The monoisotopic (exact) mass is 179 g/mol. The lowest BCUT2D eigenvalue weighted by Gasteiger charge is -1.85. The van der Waals surface area contributed by atoms with Gasteiger partial charge in [0.1, 0.15) is 0 Å². The summed E-state index contributed by atoms with van der Waals surface area (Å²) in [6.07, 6.45) is 3.96. The van der Waals surface area contributed by atoms with Crippen molar-refractivity contribution in [3.63, 3.8) is 0 Å². The highest BCUT2D eigenvalue weighted by molar-refractivity contribution is 7.97. The molecule has 0 atom stereocenters. The number of rotatable bonds is 2. The molecule has 2 heterocycles. The fourth-order valence-corrected chi connectivity index (χ4v) is 1.45. The van der Waals surface area contributed by atoms with Gasteiger partial charge in [-0.2, -0.15) is 16.9 Å². The molecule has 2 rings (SSSR count). The zero-order valence-electron chi connectivity index (χ0n) is 6.77. The minimum atomic E-state index is 0.877. The maximum absolute atomic E-state index is 4.33. The molecule has 0 aromatic carbocycles. The van der Waals surface area contributed by atoms with Gasteiger partial charge < -0.3 is 0 Å². The van der Waals surface area contributed by atoms with Gasteiger partial charge in [0.2, 0.25) is 0 Å². The van der Waals surface area contributed by atoms with Crippen molar-refractivity contribution in [3.8, 4) is 0 Å². The van der Waals surface area contributed by atoms with E-state index in [2.05, 4.69) is 10.1 Å². The van der Waals surface area contributed by atoms with E-state index >= 15 is 0 Å². The lowest BCUT2D eigenvalue weighted by Crippen LogP contribution is -1.85. The summed E-state index contributed by atoms with van der Waals surface area (Å²) in [5.41, 5.74) is 0.918. The van der Waals surface area contributed by atoms with Crippen LogP contribution in [0.25, 0.3) is 5.65 Å². The van der Waals surface area contributed by atoms with Crippen LogP contribution in [0.5, 0.6) is 0 Å². The van der Waals surface area contributed by atoms with Gasteiger partial charge >= 0.3 is 0 Å². The van der Waals surface area contributed by atoms with Gasteiger partial charge in [0.25, 0.3) is 0 Å². The van der Waals surface area contributed by atoms with Gasteiger partial charge in [-0.15, -0.1) is 0 Å². The van der Waals surface area contributed by atoms with Gasteiger partial charge in [-0.3, -0.25) is 0 Å². The van der Waals surface area contributed by atoms with Gasteiger partial charge in [0, 0.05) is 6.20 Å². The Kier molecular flexibility index (Phi) is 1.99. The Hall–Kier alpha value is -1.03. The predicted molar refractivity (Wildman–Crippen MR) is 50.2 cm³/mol. The Morgan fingerprint density at radius 1 is 1.50 bits per heavy atom. The van der Waals surface area contributed by atoms with Crippen LogP contribution in [0.1, 0.15) is 5.82 Å². The van der Waals surface area contributed by atoms with E-state index in [9.17, 15) is 0 Å². The SMILES string of the molecule is CSCc1nc2ccccn2n1. The van der Waals surface area contributed by atoms with Crippen LogP contribution in [-0.2, 0) is 5.75 Å². The second-order valence-electron chi connectivity index (χ2n) is 2.46. The maximum Gasteiger partial charge on any atom is 0.161 e. The molecule has 0 radical (unpaired) electrons.